The van der Waals surface area contributed by atoms with Crippen LogP contribution in [0.1, 0.15) is 16.1 Å². The first-order chi connectivity index (χ1) is 11.2. The van der Waals surface area contributed by atoms with E-state index in [0.29, 0.717) is 18.8 Å². The molecule has 6 nitrogen and oxygen atoms in total. The quantitative estimate of drug-likeness (QED) is 0.749. The summed E-state index contributed by atoms with van der Waals surface area (Å²) in [6.07, 6.45) is 6.25. The maximum atomic E-state index is 11.9. The summed E-state index contributed by atoms with van der Waals surface area (Å²) in [5.41, 5.74) is 2.63. The highest BCUT2D eigenvalue weighted by atomic mass is 16.5. The van der Waals surface area contributed by atoms with Crippen LogP contribution in [0.25, 0.3) is 0 Å². The summed E-state index contributed by atoms with van der Waals surface area (Å²) in [5.74, 6) is -0.187. The lowest BCUT2D eigenvalue weighted by atomic mass is 10.2. The lowest BCUT2D eigenvalue weighted by Gasteiger charge is -2.19. The van der Waals surface area contributed by atoms with Crippen LogP contribution >= 0.6 is 0 Å². The summed E-state index contributed by atoms with van der Waals surface area (Å²) in [5, 5.41) is 2.75. The molecule has 0 saturated heterocycles. The Kier molecular flexibility index (Phi) is 6.50. The number of hydrogen-bond donors (Lipinski definition) is 1. The van der Waals surface area contributed by atoms with Crippen LogP contribution < -0.4 is 10.2 Å². The fourth-order valence-electron chi connectivity index (χ4n) is 2.08. The Balaban J connectivity index is 1.87. The molecule has 0 aliphatic heterocycles. The number of carbonyl (C=O) groups excluding carboxylic acids is 1. The Labute approximate surface area is 136 Å². The molecule has 2 rings (SSSR count). The minimum absolute atomic E-state index is 0.187. The van der Waals surface area contributed by atoms with E-state index in [2.05, 4.69) is 20.2 Å². The fraction of sp³-hybridized carbons (Fsp3) is 0.353. The second-order valence-corrected chi connectivity index (χ2v) is 5.18. The maximum absolute atomic E-state index is 11.9. The molecule has 2 aromatic heterocycles. The summed E-state index contributed by atoms with van der Waals surface area (Å²) in [6, 6.07) is 7.67. The Hall–Kier alpha value is -2.47. The predicted molar refractivity (Wildman–Crippen MR) is 89.7 cm³/mol. The minimum Gasteiger partial charge on any atom is -0.383 e. The molecule has 0 aliphatic rings. The van der Waals surface area contributed by atoms with Crippen molar-refractivity contribution >= 4 is 11.6 Å². The Morgan fingerprint density at radius 1 is 1.26 bits per heavy atom. The van der Waals surface area contributed by atoms with Gasteiger partial charge in [-0.25, -0.2) is 4.98 Å². The molecule has 0 atom stereocenters. The molecule has 6 heteroatoms. The normalized spacial score (nSPS) is 10.3. The molecule has 2 aromatic rings. The molecule has 0 spiro atoms. The fourth-order valence-corrected chi connectivity index (χ4v) is 2.08. The second kappa shape index (κ2) is 8.85. The molecule has 23 heavy (non-hydrogen) atoms. The second-order valence-electron chi connectivity index (χ2n) is 5.18. The number of nitrogens with one attached hydrogen (secondary N) is 1. The van der Waals surface area contributed by atoms with Crippen LogP contribution in [0.4, 0.5) is 5.69 Å². The lowest BCUT2D eigenvalue weighted by molar-refractivity contribution is 0.0932. The van der Waals surface area contributed by atoms with Gasteiger partial charge in [-0.15, -0.1) is 0 Å². The van der Waals surface area contributed by atoms with Crippen molar-refractivity contribution < 1.29 is 9.53 Å². The molecule has 2 heterocycles. The molecular formula is C17H22N4O2. The number of anilines is 1. The molecule has 1 N–H and O–H groups in total. The third kappa shape index (κ3) is 5.34. The van der Waals surface area contributed by atoms with Crippen molar-refractivity contribution in [3.8, 4) is 0 Å². The van der Waals surface area contributed by atoms with Crippen LogP contribution in [0.5, 0.6) is 0 Å². The van der Waals surface area contributed by atoms with Gasteiger partial charge in [0.05, 0.1) is 18.5 Å². The number of pyridine rings is 2. The largest absolute Gasteiger partial charge is 0.383 e. The topological polar surface area (TPSA) is 67.3 Å². The molecule has 0 saturated carbocycles. The third-order valence-electron chi connectivity index (χ3n) is 3.50. The van der Waals surface area contributed by atoms with Gasteiger partial charge < -0.3 is 15.0 Å². The van der Waals surface area contributed by atoms with Crippen molar-refractivity contribution in [3.05, 3.63) is 54.1 Å². The molecule has 122 valence electrons. The van der Waals surface area contributed by atoms with Crippen LogP contribution in [0.3, 0.4) is 0 Å². The number of methoxy groups -OCH3 is 1. The highest BCUT2D eigenvalue weighted by molar-refractivity contribution is 5.92. The van der Waals surface area contributed by atoms with Gasteiger partial charge in [0.25, 0.3) is 5.91 Å². The maximum Gasteiger partial charge on any atom is 0.269 e. The smallest absolute Gasteiger partial charge is 0.269 e. The van der Waals surface area contributed by atoms with Crippen molar-refractivity contribution in [1.29, 1.82) is 0 Å². The van der Waals surface area contributed by atoms with E-state index in [4.69, 9.17) is 4.74 Å². The summed E-state index contributed by atoms with van der Waals surface area (Å²) in [7, 11) is 3.61. The molecule has 0 bridgehead atoms. The highest BCUT2D eigenvalue weighted by Crippen LogP contribution is 2.12. The number of rotatable bonds is 8. The van der Waals surface area contributed by atoms with Crippen LogP contribution in [0, 0.1) is 0 Å². The van der Waals surface area contributed by atoms with Crippen molar-refractivity contribution in [2.45, 2.75) is 6.42 Å². The van der Waals surface area contributed by atoms with E-state index in [0.717, 1.165) is 18.7 Å². The van der Waals surface area contributed by atoms with Crippen molar-refractivity contribution in [2.75, 3.05) is 38.8 Å². The molecule has 0 aliphatic carbocycles. The van der Waals surface area contributed by atoms with Crippen LogP contribution in [0.15, 0.2) is 42.9 Å². The molecule has 0 radical (unpaired) electrons. The first kappa shape index (κ1) is 16.9. The summed E-state index contributed by atoms with van der Waals surface area (Å²) >= 11 is 0. The Morgan fingerprint density at radius 2 is 2.04 bits per heavy atom. The van der Waals surface area contributed by atoms with Gasteiger partial charge in [-0.05, 0) is 36.2 Å². The minimum atomic E-state index is -0.187. The zero-order valence-corrected chi connectivity index (χ0v) is 13.5. The zero-order valence-electron chi connectivity index (χ0n) is 13.5. The van der Waals surface area contributed by atoms with Gasteiger partial charge in [-0.2, -0.15) is 0 Å². The van der Waals surface area contributed by atoms with Gasteiger partial charge in [0.15, 0.2) is 0 Å². The van der Waals surface area contributed by atoms with Crippen LogP contribution in [0.2, 0.25) is 0 Å². The summed E-state index contributed by atoms with van der Waals surface area (Å²) < 4.78 is 4.90. The number of amides is 1. The van der Waals surface area contributed by atoms with E-state index in [1.54, 1.807) is 31.8 Å². The van der Waals surface area contributed by atoms with Gasteiger partial charge in [0, 0.05) is 39.6 Å². The van der Waals surface area contributed by atoms with Gasteiger partial charge in [-0.3, -0.25) is 9.78 Å². The van der Waals surface area contributed by atoms with E-state index in [1.165, 1.54) is 5.56 Å². The van der Waals surface area contributed by atoms with E-state index in [9.17, 15) is 4.79 Å². The van der Waals surface area contributed by atoms with Crippen LogP contribution in [-0.4, -0.2) is 49.7 Å². The van der Waals surface area contributed by atoms with E-state index in [1.807, 2.05) is 25.2 Å². The van der Waals surface area contributed by atoms with Crippen LogP contribution in [-0.2, 0) is 11.2 Å². The number of carbonyl (C=O) groups is 1. The SMILES string of the molecule is COCCNC(=O)c1ccc(N(C)CCc2ccncc2)cn1. The number of hydrogen-bond acceptors (Lipinski definition) is 5. The van der Waals surface area contributed by atoms with E-state index < -0.39 is 0 Å². The molecule has 0 unspecified atom stereocenters. The van der Waals surface area contributed by atoms with Crippen molar-refractivity contribution in [2.24, 2.45) is 0 Å². The van der Waals surface area contributed by atoms with Crippen molar-refractivity contribution in [3.63, 3.8) is 0 Å². The van der Waals surface area contributed by atoms with E-state index >= 15 is 0 Å². The average molecular weight is 314 g/mol. The number of likely N-dealkylation sites (N-methyl/N-ethyl adjacent to an activating group) is 1. The molecular weight excluding hydrogens is 292 g/mol. The van der Waals surface area contributed by atoms with Gasteiger partial charge in [0.2, 0.25) is 0 Å². The summed E-state index contributed by atoms with van der Waals surface area (Å²) in [6.45, 7) is 1.83. The number of ether oxygens (including phenoxy) is 1. The Morgan fingerprint density at radius 3 is 2.70 bits per heavy atom. The predicted octanol–water partition coefficient (Wildman–Crippen LogP) is 1.53. The third-order valence-corrected chi connectivity index (χ3v) is 3.50. The van der Waals surface area contributed by atoms with Gasteiger partial charge >= 0.3 is 0 Å². The molecule has 0 fully saturated rings. The molecule has 0 aromatic carbocycles. The Bertz CT molecular complexity index is 602. The molecule has 1 amide bonds. The van der Waals surface area contributed by atoms with E-state index in [-0.39, 0.29) is 5.91 Å². The van der Waals surface area contributed by atoms with Gasteiger partial charge in [-0.1, -0.05) is 0 Å². The van der Waals surface area contributed by atoms with Gasteiger partial charge in [0.1, 0.15) is 5.69 Å². The number of aromatic nitrogens is 2. The monoisotopic (exact) mass is 314 g/mol. The zero-order chi connectivity index (χ0) is 16.5. The lowest BCUT2D eigenvalue weighted by Crippen LogP contribution is -2.28. The first-order valence-electron chi connectivity index (χ1n) is 7.54. The number of nitrogens with zero attached hydrogens (tertiary/aromatic N) is 3. The average Bonchev–Trinajstić information content (AvgIpc) is 2.61. The standard InChI is InChI=1S/C17H22N4O2/c1-21(11-7-14-5-8-18-9-6-14)15-3-4-16(20-13-15)17(22)19-10-12-23-2/h3-6,8-9,13H,7,10-12H2,1-2H3,(H,19,22). The highest BCUT2D eigenvalue weighted by Gasteiger charge is 2.08. The van der Waals surface area contributed by atoms with Crippen molar-refractivity contribution in [1.82, 2.24) is 15.3 Å². The summed E-state index contributed by atoms with van der Waals surface area (Å²) in [4.78, 5) is 22.2. The first-order valence-corrected chi connectivity index (χ1v) is 7.54.